The number of amides is 1. The van der Waals surface area contributed by atoms with E-state index in [2.05, 4.69) is 10.1 Å². The van der Waals surface area contributed by atoms with Crippen LogP contribution in [0.4, 0.5) is 0 Å². The SMILES string of the molecule is COC(=O)/C=C/C(=O)OCNC(=O)CS(=O)C(c1ccccc1)c1ccccc1. The fourth-order valence-corrected chi connectivity index (χ4v) is 3.90. The highest BCUT2D eigenvalue weighted by molar-refractivity contribution is 7.86. The van der Waals surface area contributed by atoms with Crippen molar-refractivity contribution in [2.75, 3.05) is 19.6 Å². The molecule has 1 N–H and O–H groups in total. The van der Waals surface area contributed by atoms with Crippen LogP contribution < -0.4 is 5.32 Å². The number of hydrogen-bond acceptors (Lipinski definition) is 6. The summed E-state index contributed by atoms with van der Waals surface area (Å²) in [6.07, 6.45) is 1.79. The van der Waals surface area contributed by atoms with Gasteiger partial charge in [-0.2, -0.15) is 0 Å². The van der Waals surface area contributed by atoms with Crippen LogP contribution in [0.25, 0.3) is 0 Å². The summed E-state index contributed by atoms with van der Waals surface area (Å²) < 4.78 is 22.0. The van der Waals surface area contributed by atoms with Gasteiger partial charge in [-0.3, -0.25) is 9.00 Å². The molecule has 0 spiro atoms. The van der Waals surface area contributed by atoms with Crippen LogP contribution in [0.3, 0.4) is 0 Å². The minimum atomic E-state index is -1.54. The van der Waals surface area contributed by atoms with E-state index in [9.17, 15) is 18.6 Å². The van der Waals surface area contributed by atoms with Crippen molar-refractivity contribution in [3.63, 3.8) is 0 Å². The van der Waals surface area contributed by atoms with E-state index in [0.717, 1.165) is 23.3 Å². The monoisotopic (exact) mass is 415 g/mol. The molecule has 152 valence electrons. The van der Waals surface area contributed by atoms with E-state index in [0.29, 0.717) is 0 Å². The molecule has 2 aromatic rings. The summed E-state index contributed by atoms with van der Waals surface area (Å²) in [5, 5.41) is 1.91. The van der Waals surface area contributed by atoms with Gasteiger partial charge >= 0.3 is 11.9 Å². The molecule has 1 amide bonds. The number of nitrogens with one attached hydrogen (secondary N) is 1. The van der Waals surface area contributed by atoms with Crippen LogP contribution in [0, 0.1) is 0 Å². The van der Waals surface area contributed by atoms with Crippen LogP contribution >= 0.6 is 0 Å². The zero-order valence-electron chi connectivity index (χ0n) is 15.8. The molecule has 0 bridgehead atoms. The smallest absolute Gasteiger partial charge is 0.332 e. The van der Waals surface area contributed by atoms with Crippen LogP contribution in [-0.2, 0) is 34.7 Å². The molecule has 0 saturated heterocycles. The Labute approximate surface area is 171 Å². The molecular formula is C21H21NO6S. The zero-order chi connectivity index (χ0) is 21.1. The minimum absolute atomic E-state index is 0.260. The Morgan fingerprint density at radius 1 is 0.931 bits per heavy atom. The maximum Gasteiger partial charge on any atom is 0.332 e. The largest absolute Gasteiger partial charge is 0.466 e. The van der Waals surface area contributed by atoms with Crippen molar-refractivity contribution in [1.82, 2.24) is 5.32 Å². The standard InChI is InChI=1S/C21H21NO6S/c1-27-19(24)12-13-20(25)28-15-22-18(23)14-29(26)21(16-8-4-2-5-9-16)17-10-6-3-7-11-17/h2-13,21H,14-15H2,1H3,(H,22,23)/b13-12+. The average Bonchev–Trinajstić information content (AvgIpc) is 2.73. The predicted molar refractivity (Wildman–Crippen MR) is 108 cm³/mol. The minimum Gasteiger partial charge on any atom is -0.466 e. The Morgan fingerprint density at radius 2 is 1.45 bits per heavy atom. The molecule has 0 aliphatic rings. The Hall–Kier alpha value is -3.26. The number of esters is 2. The second-order valence-electron chi connectivity index (χ2n) is 5.79. The molecule has 8 heteroatoms. The number of carbonyl (C=O) groups excluding carboxylic acids is 3. The summed E-state index contributed by atoms with van der Waals surface area (Å²) in [4.78, 5) is 34.4. The van der Waals surface area contributed by atoms with Crippen molar-refractivity contribution in [3.05, 3.63) is 83.9 Å². The molecule has 7 nitrogen and oxygen atoms in total. The third-order valence-corrected chi connectivity index (χ3v) is 5.40. The average molecular weight is 415 g/mol. The van der Waals surface area contributed by atoms with Gasteiger partial charge in [0, 0.05) is 23.0 Å². The quantitative estimate of drug-likeness (QED) is 0.381. The van der Waals surface area contributed by atoms with Gasteiger partial charge in [0.25, 0.3) is 0 Å². The number of methoxy groups -OCH3 is 1. The summed E-state index contributed by atoms with van der Waals surface area (Å²) in [5.41, 5.74) is 1.67. The highest BCUT2D eigenvalue weighted by Crippen LogP contribution is 2.28. The Morgan fingerprint density at radius 3 is 1.97 bits per heavy atom. The first-order valence-corrected chi connectivity index (χ1v) is 10.1. The molecule has 0 heterocycles. The maximum atomic E-state index is 12.9. The summed E-state index contributed by atoms with van der Waals surface area (Å²) in [6, 6.07) is 18.6. The van der Waals surface area contributed by atoms with Crippen molar-refractivity contribution in [1.29, 1.82) is 0 Å². The lowest BCUT2D eigenvalue weighted by molar-refractivity contribution is -0.140. The normalized spacial score (nSPS) is 11.8. The van der Waals surface area contributed by atoms with Crippen molar-refractivity contribution >= 4 is 28.6 Å². The highest BCUT2D eigenvalue weighted by atomic mass is 32.2. The van der Waals surface area contributed by atoms with Gasteiger partial charge in [-0.25, -0.2) is 9.59 Å². The number of rotatable bonds is 9. The van der Waals surface area contributed by atoms with Crippen molar-refractivity contribution < 1.29 is 28.1 Å². The lowest BCUT2D eigenvalue weighted by Gasteiger charge is -2.17. The molecule has 1 atom stereocenters. The van der Waals surface area contributed by atoms with Gasteiger partial charge in [0.1, 0.15) is 5.75 Å². The van der Waals surface area contributed by atoms with E-state index in [4.69, 9.17) is 4.74 Å². The third kappa shape index (κ3) is 7.34. The molecule has 2 aromatic carbocycles. The fraction of sp³-hybridized carbons (Fsp3) is 0.190. The molecule has 1 unspecified atom stereocenters. The zero-order valence-corrected chi connectivity index (χ0v) is 16.6. The van der Waals surface area contributed by atoms with E-state index in [1.165, 1.54) is 7.11 Å². The maximum absolute atomic E-state index is 12.9. The number of ether oxygens (including phenoxy) is 2. The predicted octanol–water partition coefficient (Wildman–Crippen LogP) is 1.87. The van der Waals surface area contributed by atoms with Gasteiger partial charge < -0.3 is 14.8 Å². The lowest BCUT2D eigenvalue weighted by Crippen LogP contribution is -2.32. The van der Waals surface area contributed by atoms with Crippen LogP contribution in [-0.4, -0.2) is 41.6 Å². The lowest BCUT2D eigenvalue weighted by atomic mass is 10.0. The topological polar surface area (TPSA) is 98.8 Å². The second-order valence-corrected chi connectivity index (χ2v) is 7.31. The molecule has 0 aliphatic heterocycles. The van der Waals surface area contributed by atoms with Crippen LogP contribution in [0.15, 0.2) is 72.8 Å². The number of carbonyl (C=O) groups is 3. The highest BCUT2D eigenvalue weighted by Gasteiger charge is 2.23. The van der Waals surface area contributed by atoms with Gasteiger partial charge in [0.05, 0.1) is 12.4 Å². The number of benzene rings is 2. The van der Waals surface area contributed by atoms with Gasteiger partial charge in [-0.1, -0.05) is 60.7 Å². The molecule has 0 radical (unpaired) electrons. The van der Waals surface area contributed by atoms with Gasteiger partial charge in [0.2, 0.25) is 5.91 Å². The van der Waals surface area contributed by atoms with E-state index >= 15 is 0 Å². The van der Waals surface area contributed by atoms with Crippen molar-refractivity contribution in [2.24, 2.45) is 0 Å². The fourth-order valence-electron chi connectivity index (χ4n) is 2.46. The first kappa shape index (κ1) is 22.0. The van der Waals surface area contributed by atoms with Gasteiger partial charge in [-0.05, 0) is 11.1 Å². The molecule has 0 aromatic heterocycles. The first-order chi connectivity index (χ1) is 14.0. The first-order valence-electron chi connectivity index (χ1n) is 8.68. The van der Waals surface area contributed by atoms with Crippen molar-refractivity contribution in [2.45, 2.75) is 5.25 Å². The Balaban J connectivity index is 1.94. The molecule has 2 rings (SSSR count). The van der Waals surface area contributed by atoms with Gasteiger partial charge in [-0.15, -0.1) is 0 Å². The van der Waals surface area contributed by atoms with E-state index in [1.54, 1.807) is 0 Å². The van der Waals surface area contributed by atoms with E-state index < -0.39 is 40.6 Å². The van der Waals surface area contributed by atoms with Crippen LogP contribution in [0.2, 0.25) is 0 Å². The Kier molecular flexibility index (Phi) is 8.78. The van der Waals surface area contributed by atoms with Gasteiger partial charge in [0.15, 0.2) is 6.73 Å². The molecular weight excluding hydrogens is 394 g/mol. The number of hydrogen-bond donors (Lipinski definition) is 1. The summed E-state index contributed by atoms with van der Waals surface area (Å²) in [6.45, 7) is -0.401. The Bertz CT molecular complexity index is 843. The molecule has 0 saturated carbocycles. The van der Waals surface area contributed by atoms with E-state index in [-0.39, 0.29) is 5.75 Å². The van der Waals surface area contributed by atoms with E-state index in [1.807, 2.05) is 60.7 Å². The molecule has 0 fully saturated rings. The summed E-state index contributed by atoms with van der Waals surface area (Å²) in [7, 11) is -0.365. The summed E-state index contributed by atoms with van der Waals surface area (Å²) >= 11 is 0. The van der Waals surface area contributed by atoms with Crippen LogP contribution in [0.5, 0.6) is 0 Å². The molecule has 0 aliphatic carbocycles. The van der Waals surface area contributed by atoms with Crippen LogP contribution in [0.1, 0.15) is 16.4 Å². The third-order valence-electron chi connectivity index (χ3n) is 3.78. The van der Waals surface area contributed by atoms with Crippen molar-refractivity contribution in [3.8, 4) is 0 Å². The second kappa shape index (κ2) is 11.6. The summed E-state index contributed by atoms with van der Waals surface area (Å²) in [5.74, 6) is -2.30. The molecule has 29 heavy (non-hydrogen) atoms.